The van der Waals surface area contributed by atoms with Gasteiger partial charge in [0.1, 0.15) is 0 Å². The van der Waals surface area contributed by atoms with Crippen LogP contribution in [-0.4, -0.2) is 0 Å². The highest BCUT2D eigenvalue weighted by Crippen LogP contribution is 2.54. The van der Waals surface area contributed by atoms with Crippen LogP contribution >= 0.6 is 0 Å². The summed E-state index contributed by atoms with van der Waals surface area (Å²) >= 11 is 0. The maximum absolute atomic E-state index is 2.48. The lowest BCUT2D eigenvalue weighted by atomic mass is 9.57. The highest BCUT2D eigenvalue weighted by Gasteiger charge is 2.43. The zero-order chi connectivity index (χ0) is 10.2. The molecule has 0 aliphatic heterocycles. The quantitative estimate of drug-likeness (QED) is 0.614. The van der Waals surface area contributed by atoms with Crippen LogP contribution in [0.3, 0.4) is 0 Å². The van der Waals surface area contributed by atoms with Gasteiger partial charge in [0.25, 0.3) is 0 Å². The Morgan fingerprint density at radius 1 is 1.14 bits per heavy atom. The minimum Gasteiger partial charge on any atom is -0.0649 e. The van der Waals surface area contributed by atoms with Gasteiger partial charge in [0.15, 0.2) is 0 Å². The fourth-order valence-electron chi connectivity index (χ4n) is 4.10. The molecule has 2 saturated carbocycles. The van der Waals surface area contributed by atoms with E-state index in [9.17, 15) is 0 Å². The van der Waals surface area contributed by atoms with Crippen LogP contribution < -0.4 is 0 Å². The van der Waals surface area contributed by atoms with Crippen LogP contribution in [0.1, 0.15) is 65.7 Å². The second kappa shape index (κ2) is 3.87. The first-order valence-electron chi connectivity index (χ1n) is 6.65. The molecule has 2 rings (SSSR count). The van der Waals surface area contributed by atoms with Crippen LogP contribution in [0, 0.1) is 23.2 Å². The third kappa shape index (κ3) is 1.85. The van der Waals surface area contributed by atoms with Crippen molar-refractivity contribution in [1.29, 1.82) is 0 Å². The molecule has 2 atom stereocenters. The second-order valence-electron chi connectivity index (χ2n) is 6.24. The molecule has 0 nitrogen and oxygen atoms in total. The molecular weight excluding hydrogens is 168 g/mol. The highest BCUT2D eigenvalue weighted by atomic mass is 14.5. The molecule has 2 aliphatic carbocycles. The molecule has 2 unspecified atom stereocenters. The zero-order valence-electron chi connectivity index (χ0n) is 10.2. The lowest BCUT2D eigenvalue weighted by Crippen LogP contribution is -2.37. The van der Waals surface area contributed by atoms with Crippen molar-refractivity contribution in [2.75, 3.05) is 0 Å². The summed E-state index contributed by atoms with van der Waals surface area (Å²) in [5.74, 6) is 3.11. The van der Waals surface area contributed by atoms with Crippen LogP contribution in [0.15, 0.2) is 0 Å². The summed E-state index contributed by atoms with van der Waals surface area (Å²) in [6, 6.07) is 0. The van der Waals surface area contributed by atoms with Crippen molar-refractivity contribution in [3.8, 4) is 0 Å². The number of hydrogen-bond donors (Lipinski definition) is 0. The largest absolute Gasteiger partial charge is 0.0649 e. The molecule has 0 bridgehead atoms. The predicted molar refractivity (Wildman–Crippen MR) is 62.2 cm³/mol. The minimum atomic E-state index is 0.780. The molecule has 0 saturated heterocycles. The first-order chi connectivity index (χ1) is 6.65. The Morgan fingerprint density at radius 2 is 1.86 bits per heavy atom. The van der Waals surface area contributed by atoms with Crippen molar-refractivity contribution < 1.29 is 0 Å². The van der Waals surface area contributed by atoms with E-state index < -0.39 is 0 Å². The molecule has 2 fully saturated rings. The molecule has 0 radical (unpaired) electrons. The summed E-state index contributed by atoms with van der Waals surface area (Å²) in [6.07, 6.45) is 10.5. The maximum atomic E-state index is 2.48. The first-order valence-corrected chi connectivity index (χ1v) is 6.65. The molecule has 0 aromatic heterocycles. The van der Waals surface area contributed by atoms with Gasteiger partial charge in [0.05, 0.1) is 0 Å². The van der Waals surface area contributed by atoms with E-state index in [1.807, 2.05) is 0 Å². The lowest BCUT2D eigenvalue weighted by molar-refractivity contribution is 0.0271. The summed E-state index contributed by atoms with van der Waals surface area (Å²) < 4.78 is 0. The molecule has 0 aromatic carbocycles. The van der Waals surface area contributed by atoms with Gasteiger partial charge in [0.2, 0.25) is 0 Å². The van der Waals surface area contributed by atoms with Crippen LogP contribution in [-0.2, 0) is 0 Å². The van der Waals surface area contributed by atoms with E-state index in [2.05, 4.69) is 20.8 Å². The third-order valence-electron chi connectivity index (χ3n) is 5.05. The van der Waals surface area contributed by atoms with Gasteiger partial charge in [-0.15, -0.1) is 0 Å². The Kier molecular flexibility index (Phi) is 2.91. The van der Waals surface area contributed by atoms with Gasteiger partial charge in [-0.05, 0) is 42.4 Å². The number of hydrogen-bond acceptors (Lipinski definition) is 0. The van der Waals surface area contributed by atoms with E-state index in [4.69, 9.17) is 0 Å². The molecule has 0 heterocycles. The van der Waals surface area contributed by atoms with E-state index in [-0.39, 0.29) is 0 Å². The average Bonchev–Trinajstić information content (AvgIpc) is 2.48. The van der Waals surface area contributed by atoms with E-state index in [0.717, 1.165) is 23.2 Å². The Bertz CT molecular complexity index is 188. The van der Waals surface area contributed by atoms with Gasteiger partial charge in [-0.25, -0.2) is 0 Å². The molecule has 14 heavy (non-hydrogen) atoms. The summed E-state index contributed by atoms with van der Waals surface area (Å²) in [7, 11) is 0. The Labute approximate surface area is 89.5 Å². The van der Waals surface area contributed by atoms with Gasteiger partial charge in [-0.3, -0.25) is 0 Å². The zero-order valence-corrected chi connectivity index (χ0v) is 10.2. The lowest BCUT2D eigenvalue weighted by Gasteiger charge is -2.48. The third-order valence-corrected chi connectivity index (χ3v) is 5.05. The van der Waals surface area contributed by atoms with Gasteiger partial charge in [-0.2, -0.15) is 0 Å². The highest BCUT2D eigenvalue weighted by molar-refractivity contribution is 4.93. The van der Waals surface area contributed by atoms with Crippen molar-refractivity contribution in [1.82, 2.24) is 0 Å². The molecule has 0 amide bonds. The molecule has 2 aliphatic rings. The summed E-state index contributed by atoms with van der Waals surface area (Å²) in [4.78, 5) is 0. The van der Waals surface area contributed by atoms with E-state index in [1.165, 1.54) is 38.5 Å². The standard InChI is InChI=1S/C14H26/c1-4-14(8-11(2)9-14)10-13-7-5-6-12(13)3/h11-13H,4-10H2,1-3H3. The fourth-order valence-corrected chi connectivity index (χ4v) is 4.10. The first kappa shape index (κ1) is 10.5. The van der Waals surface area contributed by atoms with Gasteiger partial charge in [-0.1, -0.05) is 46.5 Å². The van der Waals surface area contributed by atoms with E-state index in [0.29, 0.717) is 0 Å². The van der Waals surface area contributed by atoms with Crippen molar-refractivity contribution >= 4 is 0 Å². The van der Waals surface area contributed by atoms with Gasteiger partial charge in [0, 0.05) is 0 Å². The fraction of sp³-hybridized carbons (Fsp3) is 1.00. The minimum absolute atomic E-state index is 0.780. The summed E-state index contributed by atoms with van der Waals surface area (Å²) in [5, 5.41) is 0. The topological polar surface area (TPSA) is 0 Å². The Balaban J connectivity index is 1.89. The Hall–Kier alpha value is 0. The van der Waals surface area contributed by atoms with E-state index in [1.54, 1.807) is 6.42 Å². The van der Waals surface area contributed by atoms with Crippen LogP contribution in [0.5, 0.6) is 0 Å². The summed E-state index contributed by atoms with van der Waals surface area (Å²) in [5.41, 5.74) is 0.780. The molecular formula is C14H26. The van der Waals surface area contributed by atoms with Crippen LogP contribution in [0.2, 0.25) is 0 Å². The molecule has 0 N–H and O–H groups in total. The second-order valence-corrected chi connectivity index (χ2v) is 6.24. The van der Waals surface area contributed by atoms with Crippen LogP contribution in [0.4, 0.5) is 0 Å². The van der Waals surface area contributed by atoms with E-state index >= 15 is 0 Å². The monoisotopic (exact) mass is 194 g/mol. The van der Waals surface area contributed by atoms with Crippen LogP contribution in [0.25, 0.3) is 0 Å². The normalized spacial score (nSPS) is 47.8. The van der Waals surface area contributed by atoms with Gasteiger partial charge < -0.3 is 0 Å². The van der Waals surface area contributed by atoms with Crippen molar-refractivity contribution in [2.24, 2.45) is 23.2 Å². The number of rotatable bonds is 3. The SMILES string of the molecule is CCC1(CC2CCCC2C)CC(C)C1. The summed E-state index contributed by atoms with van der Waals surface area (Å²) in [6.45, 7) is 7.31. The molecule has 0 heteroatoms. The smallest absolute Gasteiger partial charge is 0.0292 e. The molecule has 0 spiro atoms. The van der Waals surface area contributed by atoms with Crippen molar-refractivity contribution in [3.63, 3.8) is 0 Å². The Morgan fingerprint density at radius 3 is 2.29 bits per heavy atom. The van der Waals surface area contributed by atoms with Crippen molar-refractivity contribution in [2.45, 2.75) is 65.7 Å². The molecule has 0 aromatic rings. The average molecular weight is 194 g/mol. The molecule has 82 valence electrons. The van der Waals surface area contributed by atoms with Crippen molar-refractivity contribution in [3.05, 3.63) is 0 Å². The predicted octanol–water partition coefficient (Wildman–Crippen LogP) is 4.64. The van der Waals surface area contributed by atoms with Gasteiger partial charge >= 0.3 is 0 Å². The maximum Gasteiger partial charge on any atom is -0.0292 e.